The normalized spacial score (nSPS) is 15.5. The minimum absolute atomic E-state index is 0.111. The van der Waals surface area contributed by atoms with E-state index < -0.39 is 0 Å². The highest BCUT2D eigenvalue weighted by Gasteiger charge is 2.15. The van der Waals surface area contributed by atoms with Crippen LogP contribution in [0.25, 0.3) is 6.08 Å². The molecule has 1 saturated heterocycles. The molecule has 0 radical (unpaired) electrons. The molecule has 0 aliphatic carbocycles. The van der Waals surface area contributed by atoms with Crippen molar-refractivity contribution in [3.05, 3.63) is 65.7 Å². The van der Waals surface area contributed by atoms with Crippen molar-refractivity contribution in [3.8, 4) is 0 Å². The number of carbonyl (C=O) groups is 1. The topological polar surface area (TPSA) is 32.3 Å². The number of hydrogen-bond donors (Lipinski definition) is 1. The van der Waals surface area contributed by atoms with Gasteiger partial charge in [0.05, 0.1) is 0 Å². The van der Waals surface area contributed by atoms with Gasteiger partial charge < -0.3 is 10.2 Å². The Labute approximate surface area is 150 Å². The predicted molar refractivity (Wildman–Crippen MR) is 106 cm³/mol. The lowest BCUT2D eigenvalue weighted by molar-refractivity contribution is -0.111. The molecule has 25 heavy (non-hydrogen) atoms. The molecular weight excluding hydrogens is 308 g/mol. The van der Waals surface area contributed by atoms with E-state index in [1.165, 1.54) is 24.1 Å². The third-order valence-corrected chi connectivity index (χ3v) is 4.79. The lowest BCUT2D eigenvalue weighted by Gasteiger charge is -2.32. The number of aryl methyl sites for hydroxylation is 1. The third-order valence-electron chi connectivity index (χ3n) is 4.79. The molecule has 0 atom stereocenters. The third kappa shape index (κ3) is 4.96. The van der Waals surface area contributed by atoms with Crippen molar-refractivity contribution in [1.29, 1.82) is 0 Å². The van der Waals surface area contributed by atoms with E-state index in [-0.39, 0.29) is 5.91 Å². The van der Waals surface area contributed by atoms with Gasteiger partial charge in [0.2, 0.25) is 5.91 Å². The van der Waals surface area contributed by atoms with E-state index in [0.717, 1.165) is 30.3 Å². The largest absolute Gasteiger partial charge is 0.372 e. The SMILES string of the molecule is Cc1ccc(/C=C/C(=O)Nc2ccc(N3CCC(C)CC3)cc2)cc1. The zero-order valence-electron chi connectivity index (χ0n) is 15.0. The molecule has 1 amide bonds. The first-order valence-corrected chi connectivity index (χ1v) is 9.01. The second-order valence-electron chi connectivity index (χ2n) is 6.95. The standard InChI is InChI=1S/C22H26N2O/c1-17-3-5-19(6-4-17)7-12-22(25)23-20-8-10-21(11-9-20)24-15-13-18(2)14-16-24/h3-12,18H,13-16H2,1-2H3,(H,23,25)/b12-7+. The van der Waals surface area contributed by atoms with Crippen LogP contribution in [-0.2, 0) is 4.79 Å². The number of anilines is 2. The maximum atomic E-state index is 12.1. The molecular formula is C22H26N2O. The van der Waals surface area contributed by atoms with Crippen LogP contribution in [0.15, 0.2) is 54.6 Å². The molecule has 1 N–H and O–H groups in total. The maximum Gasteiger partial charge on any atom is 0.248 e. The second-order valence-corrected chi connectivity index (χ2v) is 6.95. The van der Waals surface area contributed by atoms with E-state index in [4.69, 9.17) is 0 Å². The van der Waals surface area contributed by atoms with Crippen molar-refractivity contribution in [2.75, 3.05) is 23.3 Å². The Balaban J connectivity index is 1.55. The number of rotatable bonds is 4. The fraction of sp³-hybridized carbons (Fsp3) is 0.318. The Kier molecular flexibility index (Phi) is 5.54. The van der Waals surface area contributed by atoms with Gasteiger partial charge in [0, 0.05) is 30.5 Å². The van der Waals surface area contributed by atoms with E-state index in [1.807, 2.05) is 49.4 Å². The summed E-state index contributed by atoms with van der Waals surface area (Å²) in [6, 6.07) is 16.2. The zero-order chi connectivity index (χ0) is 17.6. The number of nitrogens with zero attached hydrogens (tertiary/aromatic N) is 1. The molecule has 0 spiro atoms. The molecule has 3 rings (SSSR count). The quantitative estimate of drug-likeness (QED) is 0.808. The van der Waals surface area contributed by atoms with E-state index in [2.05, 4.69) is 29.3 Å². The van der Waals surface area contributed by atoms with Gasteiger partial charge >= 0.3 is 0 Å². The van der Waals surface area contributed by atoms with Crippen LogP contribution < -0.4 is 10.2 Å². The molecule has 1 heterocycles. The predicted octanol–water partition coefficient (Wildman–Crippen LogP) is 4.88. The van der Waals surface area contributed by atoms with Gasteiger partial charge in [-0.1, -0.05) is 36.8 Å². The number of hydrogen-bond acceptors (Lipinski definition) is 2. The first-order chi connectivity index (χ1) is 12.1. The fourth-order valence-electron chi connectivity index (χ4n) is 3.06. The molecule has 130 valence electrons. The molecule has 0 aromatic heterocycles. The average molecular weight is 334 g/mol. The lowest BCUT2D eigenvalue weighted by Crippen LogP contribution is -2.32. The summed E-state index contributed by atoms with van der Waals surface area (Å²) in [4.78, 5) is 14.5. The molecule has 3 heteroatoms. The summed E-state index contributed by atoms with van der Waals surface area (Å²) in [6.07, 6.45) is 5.91. The van der Waals surface area contributed by atoms with Crippen LogP contribution in [0.5, 0.6) is 0 Å². The van der Waals surface area contributed by atoms with Crippen molar-refractivity contribution >= 4 is 23.4 Å². The van der Waals surface area contributed by atoms with Gasteiger partial charge in [-0.3, -0.25) is 4.79 Å². The monoisotopic (exact) mass is 334 g/mol. The molecule has 1 aliphatic rings. The Morgan fingerprint density at radius 2 is 1.68 bits per heavy atom. The number of piperidine rings is 1. The molecule has 2 aromatic carbocycles. The van der Waals surface area contributed by atoms with Crippen molar-refractivity contribution in [1.82, 2.24) is 0 Å². The molecule has 0 saturated carbocycles. The van der Waals surface area contributed by atoms with Gasteiger partial charge in [-0.2, -0.15) is 0 Å². The zero-order valence-corrected chi connectivity index (χ0v) is 15.0. The van der Waals surface area contributed by atoms with Gasteiger partial charge in [0.15, 0.2) is 0 Å². The maximum absolute atomic E-state index is 12.1. The van der Waals surface area contributed by atoms with Gasteiger partial charge in [-0.15, -0.1) is 0 Å². The first-order valence-electron chi connectivity index (χ1n) is 9.01. The van der Waals surface area contributed by atoms with Gasteiger partial charge in [-0.05, 0) is 61.6 Å². The van der Waals surface area contributed by atoms with Crippen LogP contribution in [0.4, 0.5) is 11.4 Å². The summed E-state index contributed by atoms with van der Waals surface area (Å²) in [7, 11) is 0. The summed E-state index contributed by atoms with van der Waals surface area (Å²) in [5, 5.41) is 2.92. The fourth-order valence-corrected chi connectivity index (χ4v) is 3.06. The van der Waals surface area contributed by atoms with Crippen molar-refractivity contribution in [2.24, 2.45) is 5.92 Å². The van der Waals surface area contributed by atoms with Gasteiger partial charge in [-0.25, -0.2) is 0 Å². The lowest BCUT2D eigenvalue weighted by atomic mass is 9.99. The average Bonchev–Trinajstić information content (AvgIpc) is 2.63. The van der Waals surface area contributed by atoms with E-state index in [9.17, 15) is 4.79 Å². The number of nitrogens with one attached hydrogen (secondary N) is 1. The van der Waals surface area contributed by atoms with Crippen molar-refractivity contribution < 1.29 is 4.79 Å². The molecule has 1 aliphatic heterocycles. The van der Waals surface area contributed by atoms with Gasteiger partial charge in [0.1, 0.15) is 0 Å². The van der Waals surface area contributed by atoms with Crippen molar-refractivity contribution in [2.45, 2.75) is 26.7 Å². The minimum Gasteiger partial charge on any atom is -0.372 e. The molecule has 3 nitrogen and oxygen atoms in total. The summed E-state index contributed by atoms with van der Waals surface area (Å²) >= 11 is 0. The van der Waals surface area contributed by atoms with Crippen LogP contribution in [0.3, 0.4) is 0 Å². The summed E-state index contributed by atoms with van der Waals surface area (Å²) in [5.74, 6) is 0.718. The number of amides is 1. The summed E-state index contributed by atoms with van der Waals surface area (Å²) in [6.45, 7) is 6.60. The van der Waals surface area contributed by atoms with E-state index in [0.29, 0.717) is 0 Å². The first kappa shape index (κ1) is 17.3. The van der Waals surface area contributed by atoms with Crippen LogP contribution in [0.1, 0.15) is 30.9 Å². The summed E-state index contributed by atoms with van der Waals surface area (Å²) in [5.41, 5.74) is 4.30. The Morgan fingerprint density at radius 3 is 2.32 bits per heavy atom. The molecule has 1 fully saturated rings. The van der Waals surface area contributed by atoms with Crippen LogP contribution >= 0.6 is 0 Å². The second kappa shape index (κ2) is 8.02. The van der Waals surface area contributed by atoms with Crippen LogP contribution in [-0.4, -0.2) is 19.0 Å². The minimum atomic E-state index is -0.111. The molecule has 0 bridgehead atoms. The smallest absolute Gasteiger partial charge is 0.248 e. The highest BCUT2D eigenvalue weighted by molar-refractivity contribution is 6.02. The molecule has 2 aromatic rings. The van der Waals surface area contributed by atoms with Crippen LogP contribution in [0, 0.1) is 12.8 Å². The number of carbonyl (C=O) groups excluding carboxylic acids is 1. The highest BCUT2D eigenvalue weighted by atomic mass is 16.1. The Bertz CT molecular complexity index is 724. The van der Waals surface area contributed by atoms with Gasteiger partial charge in [0.25, 0.3) is 0 Å². The highest BCUT2D eigenvalue weighted by Crippen LogP contribution is 2.24. The summed E-state index contributed by atoms with van der Waals surface area (Å²) < 4.78 is 0. The Hall–Kier alpha value is -2.55. The van der Waals surface area contributed by atoms with Crippen LogP contribution in [0.2, 0.25) is 0 Å². The number of benzene rings is 2. The van der Waals surface area contributed by atoms with E-state index in [1.54, 1.807) is 6.08 Å². The van der Waals surface area contributed by atoms with Crippen molar-refractivity contribution in [3.63, 3.8) is 0 Å². The Morgan fingerprint density at radius 1 is 1.04 bits per heavy atom. The van der Waals surface area contributed by atoms with E-state index >= 15 is 0 Å². The molecule has 0 unspecified atom stereocenters.